The number of furan rings is 1. The monoisotopic (exact) mass is 414 g/mol. The lowest BCUT2D eigenvalue weighted by Crippen LogP contribution is -2.48. The van der Waals surface area contributed by atoms with Crippen molar-refractivity contribution in [1.82, 2.24) is 4.31 Å². The molecule has 1 N–H and O–H groups in total. The number of carbonyl (C=O) groups is 1. The van der Waals surface area contributed by atoms with Crippen molar-refractivity contribution in [2.24, 2.45) is 0 Å². The van der Waals surface area contributed by atoms with Crippen molar-refractivity contribution in [1.29, 1.82) is 0 Å². The van der Waals surface area contributed by atoms with Gasteiger partial charge < -0.3 is 14.4 Å². The molecule has 2 heterocycles. The summed E-state index contributed by atoms with van der Waals surface area (Å²) in [6, 6.07) is 14.4. The van der Waals surface area contributed by atoms with Crippen molar-refractivity contribution in [3.05, 3.63) is 59.7 Å². The van der Waals surface area contributed by atoms with E-state index in [1.807, 2.05) is 35.2 Å². The van der Waals surface area contributed by atoms with Crippen molar-refractivity contribution in [3.63, 3.8) is 0 Å². The average molecular weight is 414 g/mol. The van der Waals surface area contributed by atoms with E-state index in [2.05, 4.69) is 0 Å². The van der Waals surface area contributed by atoms with Crippen LogP contribution in [0, 0.1) is 6.92 Å². The van der Waals surface area contributed by atoms with Gasteiger partial charge in [0.15, 0.2) is 5.88 Å². The van der Waals surface area contributed by atoms with Crippen LogP contribution in [0.25, 0.3) is 11.0 Å². The molecule has 0 radical (unpaired) electrons. The number of para-hydroxylation sites is 1. The van der Waals surface area contributed by atoms with Gasteiger partial charge in [-0.15, -0.1) is 0 Å². The number of hydrogen-bond donors (Lipinski definition) is 1. The minimum atomic E-state index is -3.68. The Kier molecular flexibility index (Phi) is 5.06. The molecule has 1 fully saturated rings. The third-order valence-electron chi connectivity index (χ3n) is 5.26. The normalized spacial score (nSPS) is 15.7. The summed E-state index contributed by atoms with van der Waals surface area (Å²) in [5.41, 5.74) is 2.09. The molecule has 0 bridgehead atoms. The molecule has 0 atom stereocenters. The Morgan fingerprint density at radius 2 is 1.79 bits per heavy atom. The molecule has 1 aliphatic rings. The van der Waals surface area contributed by atoms with Crippen molar-refractivity contribution in [2.45, 2.75) is 18.2 Å². The van der Waals surface area contributed by atoms with Crippen molar-refractivity contribution < 1.29 is 22.7 Å². The first kappa shape index (κ1) is 19.5. The highest BCUT2D eigenvalue weighted by Gasteiger charge is 2.30. The largest absolute Gasteiger partial charge is 0.481 e. The number of hydrogen-bond acceptors (Lipinski definition) is 5. The van der Waals surface area contributed by atoms with Gasteiger partial charge in [-0.2, -0.15) is 4.31 Å². The molecule has 0 unspecified atom stereocenters. The molecule has 3 aromatic rings. The second kappa shape index (κ2) is 7.53. The molecule has 0 aliphatic carbocycles. The number of fused-ring (bicyclic) bond motifs is 1. The SMILES string of the molecule is Cc1ccc(S(=O)(=O)N2CCN(c3cc4ccccc4o3)CC2)cc1CC(=O)O. The Morgan fingerprint density at radius 3 is 2.48 bits per heavy atom. The van der Waals surface area contributed by atoms with Gasteiger partial charge in [-0.05, 0) is 36.2 Å². The number of nitrogens with zero attached hydrogens (tertiary/aromatic N) is 2. The third-order valence-corrected chi connectivity index (χ3v) is 7.16. The van der Waals surface area contributed by atoms with Crippen LogP contribution in [-0.2, 0) is 21.2 Å². The lowest BCUT2D eigenvalue weighted by atomic mass is 10.1. The fourth-order valence-corrected chi connectivity index (χ4v) is 5.06. The second-order valence-electron chi connectivity index (χ2n) is 7.17. The summed E-state index contributed by atoms with van der Waals surface area (Å²) in [5, 5.41) is 10.1. The van der Waals surface area contributed by atoms with Crippen molar-refractivity contribution >= 4 is 32.8 Å². The van der Waals surface area contributed by atoms with Crippen molar-refractivity contribution in [3.8, 4) is 0 Å². The third kappa shape index (κ3) is 3.86. The van der Waals surface area contributed by atoms with E-state index in [0.29, 0.717) is 31.7 Å². The van der Waals surface area contributed by atoms with Crippen LogP contribution < -0.4 is 4.90 Å². The van der Waals surface area contributed by atoms with Gasteiger partial charge in [-0.3, -0.25) is 4.79 Å². The molecule has 2 aromatic carbocycles. The van der Waals surface area contributed by atoms with Crippen LogP contribution in [0.4, 0.5) is 5.88 Å². The molecule has 7 nitrogen and oxygen atoms in total. The molecular weight excluding hydrogens is 392 g/mol. The van der Waals surface area contributed by atoms with Gasteiger partial charge in [0, 0.05) is 37.6 Å². The summed E-state index contributed by atoms with van der Waals surface area (Å²) < 4.78 is 33.4. The Labute approximate surface area is 169 Å². The van der Waals surface area contributed by atoms with Gasteiger partial charge in [0.1, 0.15) is 5.58 Å². The Morgan fingerprint density at radius 1 is 1.07 bits per heavy atom. The number of carboxylic acids is 1. The van der Waals surface area contributed by atoms with Gasteiger partial charge in [0.05, 0.1) is 11.3 Å². The van der Waals surface area contributed by atoms with Crippen LogP contribution in [0.2, 0.25) is 0 Å². The zero-order chi connectivity index (χ0) is 20.6. The minimum absolute atomic E-state index is 0.136. The van der Waals surface area contributed by atoms with Crippen molar-refractivity contribution in [2.75, 3.05) is 31.1 Å². The summed E-state index contributed by atoms with van der Waals surface area (Å²) in [4.78, 5) is 13.2. The molecule has 1 saturated heterocycles. The summed E-state index contributed by atoms with van der Waals surface area (Å²) in [6.07, 6.45) is -0.199. The van der Waals surface area contributed by atoms with E-state index < -0.39 is 16.0 Å². The second-order valence-corrected chi connectivity index (χ2v) is 9.11. The Hall–Kier alpha value is -2.84. The highest BCUT2D eigenvalue weighted by molar-refractivity contribution is 7.89. The predicted octanol–water partition coefficient (Wildman–Crippen LogP) is 2.88. The molecule has 29 heavy (non-hydrogen) atoms. The molecule has 152 valence electrons. The quantitative estimate of drug-likeness (QED) is 0.690. The molecule has 0 saturated carbocycles. The lowest BCUT2D eigenvalue weighted by molar-refractivity contribution is -0.136. The van der Waals surface area contributed by atoms with Gasteiger partial charge in [-0.25, -0.2) is 8.42 Å². The molecule has 4 rings (SSSR count). The summed E-state index contributed by atoms with van der Waals surface area (Å²) in [5.74, 6) is -0.246. The standard InChI is InChI=1S/C21H22N2O5S/c1-15-6-7-18(12-17(15)14-21(24)25)29(26,27)23-10-8-22(9-11-23)20-13-16-4-2-3-5-19(16)28-20/h2-7,12-13H,8-11,14H2,1H3,(H,24,25). The predicted molar refractivity (Wildman–Crippen MR) is 110 cm³/mol. The van der Waals surface area contributed by atoms with E-state index >= 15 is 0 Å². The first-order valence-electron chi connectivity index (χ1n) is 9.39. The highest BCUT2D eigenvalue weighted by Crippen LogP contribution is 2.28. The van der Waals surface area contributed by atoms with E-state index in [-0.39, 0.29) is 11.3 Å². The highest BCUT2D eigenvalue weighted by atomic mass is 32.2. The van der Waals surface area contributed by atoms with Gasteiger partial charge in [-0.1, -0.05) is 24.3 Å². The van der Waals surface area contributed by atoms with E-state index in [9.17, 15) is 13.2 Å². The number of sulfonamides is 1. The van der Waals surface area contributed by atoms with E-state index in [4.69, 9.17) is 9.52 Å². The van der Waals surface area contributed by atoms with Crippen LogP contribution in [0.15, 0.2) is 57.8 Å². The maximum atomic E-state index is 13.1. The molecule has 1 aromatic heterocycles. The van der Waals surface area contributed by atoms with Crippen LogP contribution in [0.3, 0.4) is 0 Å². The van der Waals surface area contributed by atoms with E-state index in [1.165, 1.54) is 10.4 Å². The number of aliphatic carboxylic acids is 1. The topological polar surface area (TPSA) is 91.1 Å². The van der Waals surface area contributed by atoms with Crippen LogP contribution in [0.1, 0.15) is 11.1 Å². The first-order valence-corrected chi connectivity index (χ1v) is 10.8. The number of benzene rings is 2. The summed E-state index contributed by atoms with van der Waals surface area (Å²) in [6.45, 7) is 3.49. The number of rotatable bonds is 5. The van der Waals surface area contributed by atoms with Gasteiger partial charge >= 0.3 is 5.97 Å². The fraction of sp³-hybridized carbons (Fsp3) is 0.286. The maximum absolute atomic E-state index is 13.1. The van der Waals surface area contributed by atoms with Crippen LogP contribution >= 0.6 is 0 Å². The first-order chi connectivity index (χ1) is 13.8. The average Bonchev–Trinajstić information content (AvgIpc) is 3.13. The number of carboxylic acid groups (broad SMARTS) is 1. The molecular formula is C21H22N2O5S. The van der Waals surface area contributed by atoms with Gasteiger partial charge in [0.2, 0.25) is 10.0 Å². The summed E-state index contributed by atoms with van der Waals surface area (Å²) >= 11 is 0. The fourth-order valence-electron chi connectivity index (χ4n) is 3.58. The summed E-state index contributed by atoms with van der Waals surface area (Å²) in [7, 11) is -3.68. The molecule has 0 amide bonds. The van der Waals surface area contributed by atoms with Crippen LogP contribution in [-0.4, -0.2) is 50.0 Å². The van der Waals surface area contributed by atoms with E-state index in [0.717, 1.165) is 22.4 Å². The van der Waals surface area contributed by atoms with Crippen LogP contribution in [0.5, 0.6) is 0 Å². The van der Waals surface area contributed by atoms with E-state index in [1.54, 1.807) is 19.1 Å². The molecule has 1 aliphatic heterocycles. The Bertz CT molecular complexity index is 1130. The molecule has 0 spiro atoms. The van der Waals surface area contributed by atoms with Gasteiger partial charge in [0.25, 0.3) is 0 Å². The zero-order valence-electron chi connectivity index (χ0n) is 16.0. The smallest absolute Gasteiger partial charge is 0.307 e. The number of anilines is 1. The Balaban J connectivity index is 1.50. The lowest BCUT2D eigenvalue weighted by Gasteiger charge is -2.33. The zero-order valence-corrected chi connectivity index (χ0v) is 16.9. The number of aryl methyl sites for hydroxylation is 1. The number of piperazine rings is 1. The molecule has 8 heteroatoms. The maximum Gasteiger partial charge on any atom is 0.307 e. The minimum Gasteiger partial charge on any atom is -0.481 e.